The Balaban J connectivity index is 1.58. The van der Waals surface area contributed by atoms with Crippen LogP contribution in [0.2, 0.25) is 0 Å². The number of hydrogen-bond acceptors (Lipinski definition) is 4. The van der Waals surface area contributed by atoms with Crippen molar-refractivity contribution < 1.29 is 16.8 Å². The number of allylic oxidation sites excluding steroid dienone is 4. The van der Waals surface area contributed by atoms with Gasteiger partial charge in [-0.3, -0.25) is 0 Å². The van der Waals surface area contributed by atoms with Crippen molar-refractivity contribution >= 4 is 31.5 Å². The van der Waals surface area contributed by atoms with Gasteiger partial charge < -0.3 is 0 Å². The minimum absolute atomic E-state index is 0.120. The van der Waals surface area contributed by atoms with Gasteiger partial charge in [0.25, 0.3) is 20.0 Å². The van der Waals surface area contributed by atoms with E-state index >= 15 is 0 Å². The van der Waals surface area contributed by atoms with Crippen LogP contribution in [0.15, 0.2) is 104 Å². The Kier molecular flexibility index (Phi) is 4.79. The number of fused-ring (bicyclic) bond motifs is 5. The van der Waals surface area contributed by atoms with Crippen LogP contribution in [0.5, 0.6) is 0 Å². The molecule has 3 aliphatic rings. The average molecular weight is 453 g/mol. The van der Waals surface area contributed by atoms with Crippen LogP contribution in [0.1, 0.15) is 6.42 Å². The van der Waals surface area contributed by atoms with Gasteiger partial charge in [-0.1, -0.05) is 48.6 Å². The first-order valence-electron chi connectivity index (χ1n) is 10.0. The maximum atomic E-state index is 12.8. The molecule has 2 aromatic rings. The summed E-state index contributed by atoms with van der Waals surface area (Å²) in [4.78, 5) is 0.273. The lowest BCUT2D eigenvalue weighted by Crippen LogP contribution is -2.36. The van der Waals surface area contributed by atoms with Crippen LogP contribution in [0.3, 0.4) is 0 Å². The van der Waals surface area contributed by atoms with Gasteiger partial charge in [0.1, 0.15) is 0 Å². The van der Waals surface area contributed by atoms with Crippen molar-refractivity contribution in [1.82, 2.24) is 0 Å². The van der Waals surface area contributed by atoms with Crippen molar-refractivity contribution in [3.05, 3.63) is 85.0 Å². The molecule has 31 heavy (non-hydrogen) atoms. The Labute approximate surface area is 181 Å². The lowest BCUT2D eigenvalue weighted by molar-refractivity contribution is 0.501. The minimum Gasteiger partial charge on any atom is -0.199 e. The molecule has 0 amide bonds. The zero-order chi connectivity index (χ0) is 21.6. The fraction of sp³-hybridized carbons (Fsp3) is 0.217. The standard InChI is InChI=1S/C23H20N2O4S2/c26-30(27,18-7-3-1-4-8-18)24-20-13-14-21(23-17-12-11-16(15-17)22(20)23)25-31(28,29)19-9-5-2-6-10-19/h1-14,16-17,22-23H,15H2/b24-20-,25-21-. The first-order chi connectivity index (χ1) is 14.9. The number of hydrogen-bond donors (Lipinski definition) is 0. The Morgan fingerprint density at radius 2 is 1.00 bits per heavy atom. The monoisotopic (exact) mass is 452 g/mol. The highest BCUT2D eigenvalue weighted by molar-refractivity contribution is 7.90. The van der Waals surface area contributed by atoms with Gasteiger partial charge in [0.2, 0.25) is 0 Å². The summed E-state index contributed by atoms with van der Waals surface area (Å²) >= 11 is 0. The Hall–Kier alpha value is -2.84. The van der Waals surface area contributed by atoms with Gasteiger partial charge in [-0.25, -0.2) is 0 Å². The van der Waals surface area contributed by atoms with E-state index in [0.717, 1.165) is 6.42 Å². The maximum absolute atomic E-state index is 12.8. The topological polar surface area (TPSA) is 93.0 Å². The van der Waals surface area contributed by atoms with Crippen LogP contribution < -0.4 is 0 Å². The summed E-state index contributed by atoms with van der Waals surface area (Å²) in [6, 6.07) is 16.2. The summed E-state index contributed by atoms with van der Waals surface area (Å²) < 4.78 is 59.6. The summed E-state index contributed by atoms with van der Waals surface area (Å²) in [7, 11) is -7.71. The number of nitrogens with zero attached hydrogens (tertiary/aromatic N) is 2. The summed E-state index contributed by atoms with van der Waals surface area (Å²) in [6.45, 7) is 0. The third-order valence-corrected chi connectivity index (χ3v) is 8.74. The molecule has 0 aromatic heterocycles. The molecule has 5 rings (SSSR count). The predicted molar refractivity (Wildman–Crippen MR) is 119 cm³/mol. The molecular formula is C23H20N2O4S2. The van der Waals surface area contributed by atoms with Gasteiger partial charge in [0.05, 0.1) is 21.2 Å². The van der Waals surface area contributed by atoms with Gasteiger partial charge in [-0.15, -0.1) is 0 Å². The van der Waals surface area contributed by atoms with Crippen LogP contribution in [0.4, 0.5) is 0 Å². The molecule has 2 aromatic carbocycles. The summed E-state index contributed by atoms with van der Waals surface area (Å²) in [5.74, 6) is -0.171. The van der Waals surface area contributed by atoms with Gasteiger partial charge in [-0.05, 0) is 54.7 Å². The van der Waals surface area contributed by atoms with Crippen molar-refractivity contribution in [2.45, 2.75) is 16.2 Å². The fourth-order valence-corrected chi connectivity index (χ4v) is 6.91. The largest absolute Gasteiger partial charge is 0.282 e. The van der Waals surface area contributed by atoms with Crippen LogP contribution in [-0.2, 0) is 20.0 Å². The Morgan fingerprint density at radius 3 is 1.39 bits per heavy atom. The SMILES string of the molecule is O=S(=O)(/N=C1C=C/C(=N/S(=O)(=O)c2ccccc2)C2C3C=CC(C3)C/12)c1ccccc1. The molecule has 0 spiro atoms. The molecular weight excluding hydrogens is 432 g/mol. The van der Waals surface area contributed by atoms with E-state index in [0.29, 0.717) is 11.4 Å². The molecule has 4 unspecified atom stereocenters. The van der Waals surface area contributed by atoms with Crippen LogP contribution in [0, 0.1) is 23.7 Å². The van der Waals surface area contributed by atoms with Crippen LogP contribution >= 0.6 is 0 Å². The minimum atomic E-state index is -3.86. The molecule has 2 bridgehead atoms. The van der Waals surface area contributed by atoms with Gasteiger partial charge >= 0.3 is 0 Å². The molecule has 158 valence electrons. The van der Waals surface area contributed by atoms with E-state index in [9.17, 15) is 16.8 Å². The van der Waals surface area contributed by atoms with E-state index < -0.39 is 20.0 Å². The molecule has 0 saturated heterocycles. The Bertz CT molecular complexity index is 1240. The third-order valence-electron chi connectivity index (χ3n) is 6.10. The zero-order valence-corrected chi connectivity index (χ0v) is 18.1. The van der Waals surface area contributed by atoms with E-state index in [2.05, 4.69) is 20.9 Å². The van der Waals surface area contributed by atoms with E-state index in [-0.39, 0.29) is 33.5 Å². The first-order valence-corrected chi connectivity index (χ1v) is 12.9. The predicted octanol–water partition coefficient (Wildman–Crippen LogP) is 3.65. The number of rotatable bonds is 4. The van der Waals surface area contributed by atoms with E-state index in [1.54, 1.807) is 48.6 Å². The molecule has 1 fully saturated rings. The molecule has 0 N–H and O–H groups in total. The van der Waals surface area contributed by atoms with Crippen molar-refractivity contribution in [1.29, 1.82) is 0 Å². The number of sulfonamides is 2. The molecule has 6 nitrogen and oxygen atoms in total. The van der Waals surface area contributed by atoms with Crippen molar-refractivity contribution in [2.75, 3.05) is 0 Å². The quantitative estimate of drug-likeness (QED) is 0.662. The molecule has 4 atom stereocenters. The van der Waals surface area contributed by atoms with Crippen molar-refractivity contribution in [3.63, 3.8) is 0 Å². The third kappa shape index (κ3) is 3.59. The summed E-state index contributed by atoms with van der Waals surface area (Å²) in [5.41, 5.74) is 0.920. The maximum Gasteiger partial charge on any atom is 0.282 e. The Morgan fingerprint density at radius 1 is 0.613 bits per heavy atom. The van der Waals surface area contributed by atoms with E-state index in [1.165, 1.54) is 24.3 Å². The molecule has 0 radical (unpaired) electrons. The second-order valence-corrected chi connectivity index (χ2v) is 11.1. The highest BCUT2D eigenvalue weighted by atomic mass is 32.2. The molecule has 0 heterocycles. The van der Waals surface area contributed by atoms with E-state index in [4.69, 9.17) is 0 Å². The lowest BCUT2D eigenvalue weighted by Gasteiger charge is -2.31. The lowest BCUT2D eigenvalue weighted by atomic mass is 9.74. The molecule has 3 aliphatic carbocycles. The molecule has 0 aliphatic heterocycles. The van der Waals surface area contributed by atoms with Crippen LogP contribution in [0.25, 0.3) is 0 Å². The summed E-state index contributed by atoms with van der Waals surface area (Å²) in [6.07, 6.45) is 8.22. The average Bonchev–Trinajstić information content (AvgIpc) is 3.39. The molecule has 1 saturated carbocycles. The van der Waals surface area contributed by atoms with Gasteiger partial charge in [-0.2, -0.15) is 25.6 Å². The summed E-state index contributed by atoms with van der Waals surface area (Å²) in [5, 5.41) is 0. The zero-order valence-electron chi connectivity index (χ0n) is 16.4. The first kappa shape index (κ1) is 20.1. The number of benzene rings is 2. The smallest absolute Gasteiger partial charge is 0.199 e. The van der Waals surface area contributed by atoms with Gasteiger partial charge in [0.15, 0.2) is 0 Å². The normalized spacial score (nSPS) is 29.5. The highest BCUT2D eigenvalue weighted by Crippen LogP contribution is 2.51. The second-order valence-electron chi connectivity index (χ2n) is 7.94. The second kappa shape index (κ2) is 7.39. The van der Waals surface area contributed by atoms with Gasteiger partial charge in [0, 0.05) is 11.8 Å². The van der Waals surface area contributed by atoms with E-state index in [1.807, 2.05) is 0 Å². The highest BCUT2D eigenvalue weighted by Gasteiger charge is 2.50. The fourth-order valence-electron chi connectivity index (χ4n) is 4.77. The molecule has 8 heteroatoms. The van der Waals surface area contributed by atoms with Crippen LogP contribution in [-0.4, -0.2) is 28.3 Å². The van der Waals surface area contributed by atoms with Crippen molar-refractivity contribution in [2.24, 2.45) is 32.5 Å². The van der Waals surface area contributed by atoms with Crippen molar-refractivity contribution in [3.8, 4) is 0 Å².